The SMILES string of the molecule is CCc1ccccc1NC(=O)C(=O)N/N=C\c1ccccc1OCC(=O)O. The van der Waals surface area contributed by atoms with Gasteiger partial charge in [0, 0.05) is 11.3 Å². The smallest absolute Gasteiger partial charge is 0.341 e. The fourth-order valence-corrected chi connectivity index (χ4v) is 2.20. The Hall–Kier alpha value is -3.68. The Labute approximate surface area is 155 Å². The summed E-state index contributed by atoms with van der Waals surface area (Å²) in [5, 5.41) is 14.9. The highest BCUT2D eigenvalue weighted by Crippen LogP contribution is 2.16. The number of para-hydroxylation sites is 2. The maximum absolute atomic E-state index is 12.0. The van der Waals surface area contributed by atoms with Crippen molar-refractivity contribution in [3.05, 3.63) is 59.7 Å². The number of carbonyl (C=O) groups is 3. The zero-order valence-electron chi connectivity index (χ0n) is 14.6. The zero-order valence-corrected chi connectivity index (χ0v) is 14.6. The molecule has 27 heavy (non-hydrogen) atoms. The minimum Gasteiger partial charge on any atom is -0.481 e. The molecule has 8 heteroatoms. The van der Waals surface area contributed by atoms with E-state index in [1.807, 2.05) is 19.1 Å². The number of nitrogens with one attached hydrogen (secondary N) is 2. The number of hydrogen-bond donors (Lipinski definition) is 3. The first kappa shape index (κ1) is 19.6. The molecule has 0 aromatic heterocycles. The maximum Gasteiger partial charge on any atom is 0.341 e. The molecule has 0 heterocycles. The molecule has 0 spiro atoms. The van der Waals surface area contributed by atoms with Crippen LogP contribution in [0.5, 0.6) is 5.75 Å². The lowest BCUT2D eigenvalue weighted by molar-refractivity contribution is -0.139. The highest BCUT2D eigenvalue weighted by atomic mass is 16.5. The van der Waals surface area contributed by atoms with Gasteiger partial charge in [0.15, 0.2) is 6.61 Å². The van der Waals surface area contributed by atoms with Crippen LogP contribution in [0.2, 0.25) is 0 Å². The van der Waals surface area contributed by atoms with E-state index in [9.17, 15) is 14.4 Å². The van der Waals surface area contributed by atoms with Crippen molar-refractivity contribution in [3.8, 4) is 5.75 Å². The Kier molecular flexibility index (Phi) is 7.07. The summed E-state index contributed by atoms with van der Waals surface area (Å²) in [6.07, 6.45) is 1.98. The van der Waals surface area contributed by atoms with Crippen LogP contribution in [0.25, 0.3) is 0 Å². The highest BCUT2D eigenvalue weighted by Gasteiger charge is 2.14. The molecule has 2 aromatic rings. The van der Waals surface area contributed by atoms with Crippen molar-refractivity contribution >= 4 is 29.7 Å². The average Bonchev–Trinajstić information content (AvgIpc) is 2.67. The van der Waals surface area contributed by atoms with E-state index in [0.29, 0.717) is 23.4 Å². The number of anilines is 1. The monoisotopic (exact) mass is 369 g/mol. The van der Waals surface area contributed by atoms with E-state index in [4.69, 9.17) is 9.84 Å². The number of hydrazone groups is 1. The molecule has 0 atom stereocenters. The number of carboxylic acid groups (broad SMARTS) is 1. The van der Waals surface area contributed by atoms with E-state index in [1.54, 1.807) is 36.4 Å². The molecule has 0 aliphatic heterocycles. The van der Waals surface area contributed by atoms with Crippen LogP contribution in [0.15, 0.2) is 53.6 Å². The fourth-order valence-electron chi connectivity index (χ4n) is 2.20. The van der Waals surface area contributed by atoms with Crippen LogP contribution in [0, 0.1) is 0 Å². The number of hydrogen-bond acceptors (Lipinski definition) is 5. The van der Waals surface area contributed by atoms with E-state index >= 15 is 0 Å². The van der Waals surface area contributed by atoms with Gasteiger partial charge in [-0.05, 0) is 30.2 Å². The van der Waals surface area contributed by atoms with Gasteiger partial charge >= 0.3 is 17.8 Å². The molecule has 0 saturated heterocycles. The molecule has 0 fully saturated rings. The topological polar surface area (TPSA) is 117 Å². The van der Waals surface area contributed by atoms with E-state index in [-0.39, 0.29) is 0 Å². The molecule has 2 amide bonds. The molecular weight excluding hydrogens is 350 g/mol. The van der Waals surface area contributed by atoms with Crippen molar-refractivity contribution in [1.29, 1.82) is 0 Å². The zero-order chi connectivity index (χ0) is 19.6. The third-order valence-electron chi connectivity index (χ3n) is 3.49. The standard InChI is InChI=1S/C19H19N3O5/c1-2-13-7-3-5-9-15(13)21-18(25)19(26)22-20-11-14-8-4-6-10-16(14)27-12-17(23)24/h3-11H,2,12H2,1H3,(H,21,25)(H,22,26)(H,23,24)/b20-11-. The normalized spacial score (nSPS) is 10.4. The Morgan fingerprint density at radius 2 is 1.78 bits per heavy atom. The molecule has 3 N–H and O–H groups in total. The third kappa shape index (κ3) is 5.96. The van der Waals surface area contributed by atoms with Gasteiger partial charge in [0.05, 0.1) is 6.21 Å². The van der Waals surface area contributed by atoms with E-state index in [2.05, 4.69) is 15.8 Å². The summed E-state index contributed by atoms with van der Waals surface area (Å²) < 4.78 is 5.13. The van der Waals surface area contributed by atoms with Gasteiger partial charge in [0.2, 0.25) is 0 Å². The molecule has 0 unspecified atom stereocenters. The van der Waals surface area contributed by atoms with Crippen molar-refractivity contribution in [3.63, 3.8) is 0 Å². The van der Waals surface area contributed by atoms with Gasteiger partial charge in [0.1, 0.15) is 5.75 Å². The second kappa shape index (κ2) is 9.71. The van der Waals surface area contributed by atoms with Crippen LogP contribution < -0.4 is 15.5 Å². The summed E-state index contributed by atoms with van der Waals surface area (Å²) in [6, 6.07) is 13.8. The van der Waals surface area contributed by atoms with E-state index in [0.717, 1.165) is 5.56 Å². The summed E-state index contributed by atoms with van der Waals surface area (Å²) >= 11 is 0. The van der Waals surface area contributed by atoms with E-state index in [1.165, 1.54) is 6.21 Å². The van der Waals surface area contributed by atoms with Crippen LogP contribution in [0.1, 0.15) is 18.1 Å². The van der Waals surface area contributed by atoms with Crippen LogP contribution in [-0.4, -0.2) is 35.7 Å². The molecule has 140 valence electrons. The van der Waals surface area contributed by atoms with Crippen molar-refractivity contribution in [1.82, 2.24) is 5.43 Å². The number of aliphatic carboxylic acids is 1. The highest BCUT2D eigenvalue weighted by molar-refractivity contribution is 6.39. The molecular formula is C19H19N3O5. The number of amides is 2. The van der Waals surface area contributed by atoms with Crippen LogP contribution in [0.4, 0.5) is 5.69 Å². The first-order valence-corrected chi connectivity index (χ1v) is 8.17. The molecule has 0 saturated carbocycles. The van der Waals surface area contributed by atoms with Gasteiger partial charge in [-0.15, -0.1) is 0 Å². The van der Waals surface area contributed by atoms with Gasteiger partial charge < -0.3 is 15.2 Å². The summed E-state index contributed by atoms with van der Waals surface area (Å²) in [7, 11) is 0. The van der Waals surface area contributed by atoms with E-state index < -0.39 is 24.4 Å². The second-order valence-electron chi connectivity index (χ2n) is 5.38. The first-order chi connectivity index (χ1) is 13.0. The largest absolute Gasteiger partial charge is 0.481 e. The van der Waals surface area contributed by atoms with Gasteiger partial charge in [-0.3, -0.25) is 9.59 Å². The van der Waals surface area contributed by atoms with Crippen molar-refractivity contribution < 1.29 is 24.2 Å². The lowest BCUT2D eigenvalue weighted by atomic mass is 10.1. The van der Waals surface area contributed by atoms with Crippen molar-refractivity contribution in [2.24, 2.45) is 5.10 Å². The second-order valence-corrected chi connectivity index (χ2v) is 5.38. The van der Waals surface area contributed by atoms with Crippen molar-refractivity contribution in [2.45, 2.75) is 13.3 Å². The molecule has 0 aliphatic carbocycles. The predicted molar refractivity (Wildman–Crippen MR) is 99.8 cm³/mol. The number of aryl methyl sites for hydroxylation is 1. The number of carbonyl (C=O) groups excluding carboxylic acids is 2. The Morgan fingerprint density at radius 1 is 1.07 bits per heavy atom. The van der Waals surface area contributed by atoms with Gasteiger partial charge in [-0.1, -0.05) is 37.3 Å². The summed E-state index contributed by atoms with van der Waals surface area (Å²) in [6.45, 7) is 1.44. The minimum absolute atomic E-state index is 0.291. The van der Waals surface area contributed by atoms with Gasteiger partial charge in [-0.25, -0.2) is 10.2 Å². The van der Waals surface area contributed by atoms with Crippen LogP contribution in [0.3, 0.4) is 0 Å². The summed E-state index contributed by atoms with van der Waals surface area (Å²) in [4.78, 5) is 34.5. The first-order valence-electron chi connectivity index (χ1n) is 8.17. The minimum atomic E-state index is -1.11. The maximum atomic E-state index is 12.0. The Bertz CT molecular complexity index is 864. The molecule has 0 radical (unpaired) electrons. The Balaban J connectivity index is 1.97. The predicted octanol–water partition coefficient (Wildman–Crippen LogP) is 1.80. The third-order valence-corrected chi connectivity index (χ3v) is 3.49. The molecule has 0 bridgehead atoms. The molecule has 2 aromatic carbocycles. The summed E-state index contributed by atoms with van der Waals surface area (Å²) in [5.41, 5.74) is 4.06. The number of carboxylic acids is 1. The number of rotatable bonds is 7. The molecule has 8 nitrogen and oxygen atoms in total. The molecule has 2 rings (SSSR count). The quantitative estimate of drug-likeness (QED) is 0.391. The van der Waals surface area contributed by atoms with Gasteiger partial charge in [0.25, 0.3) is 0 Å². The number of nitrogens with zero attached hydrogens (tertiary/aromatic N) is 1. The van der Waals surface area contributed by atoms with Crippen LogP contribution in [-0.2, 0) is 20.8 Å². The van der Waals surface area contributed by atoms with Crippen LogP contribution >= 0.6 is 0 Å². The average molecular weight is 369 g/mol. The summed E-state index contributed by atoms with van der Waals surface area (Å²) in [5.74, 6) is -2.59. The number of benzene rings is 2. The van der Waals surface area contributed by atoms with Gasteiger partial charge in [-0.2, -0.15) is 5.10 Å². The lowest BCUT2D eigenvalue weighted by Gasteiger charge is -2.08. The van der Waals surface area contributed by atoms with Crippen molar-refractivity contribution in [2.75, 3.05) is 11.9 Å². The fraction of sp³-hybridized carbons (Fsp3) is 0.158. The number of ether oxygens (including phenoxy) is 1. The Morgan fingerprint density at radius 3 is 2.52 bits per heavy atom. The lowest BCUT2D eigenvalue weighted by Crippen LogP contribution is -2.32. The molecule has 0 aliphatic rings.